The molecule has 0 fully saturated rings. The van der Waals surface area contributed by atoms with Crippen LogP contribution in [0.1, 0.15) is 59.8 Å². The summed E-state index contributed by atoms with van der Waals surface area (Å²) < 4.78 is 0. The highest BCUT2D eigenvalue weighted by molar-refractivity contribution is 4.81. The Balaban J connectivity index is 3.13. The van der Waals surface area contributed by atoms with Gasteiger partial charge in [0.1, 0.15) is 0 Å². The second-order valence-electron chi connectivity index (χ2n) is 4.77. The first-order chi connectivity index (χ1) is 6.13. The van der Waals surface area contributed by atoms with Crippen LogP contribution in [0.25, 0.3) is 0 Å². The van der Waals surface area contributed by atoms with Crippen molar-refractivity contribution in [3.63, 3.8) is 0 Å². The number of unbranched alkanes of at least 4 members (excludes halogenated alkanes) is 1. The minimum atomic E-state index is 0.848. The van der Waals surface area contributed by atoms with Crippen LogP contribution in [0.15, 0.2) is 12.2 Å². The van der Waals surface area contributed by atoms with Crippen molar-refractivity contribution in [2.24, 2.45) is 11.8 Å². The molecule has 0 aliphatic carbocycles. The molecule has 0 N–H and O–H groups in total. The molecule has 0 atom stereocenters. The molecule has 0 saturated heterocycles. The van der Waals surface area contributed by atoms with E-state index in [0.717, 1.165) is 11.8 Å². The van der Waals surface area contributed by atoms with E-state index in [2.05, 4.69) is 39.8 Å². The highest BCUT2D eigenvalue weighted by Crippen LogP contribution is 2.08. The van der Waals surface area contributed by atoms with Crippen LogP contribution in [-0.2, 0) is 0 Å². The summed E-state index contributed by atoms with van der Waals surface area (Å²) in [5.41, 5.74) is 0. The summed E-state index contributed by atoms with van der Waals surface area (Å²) in [5, 5.41) is 0. The summed E-state index contributed by atoms with van der Waals surface area (Å²) in [6, 6.07) is 0. The minimum absolute atomic E-state index is 0.848. The predicted molar refractivity (Wildman–Crippen MR) is 61.9 cm³/mol. The zero-order chi connectivity index (χ0) is 10.1. The molecule has 0 heterocycles. The fraction of sp³-hybridized carbons (Fsp3) is 0.846. The van der Waals surface area contributed by atoms with Gasteiger partial charge in [0.25, 0.3) is 0 Å². The summed E-state index contributed by atoms with van der Waals surface area (Å²) in [6.07, 6.45) is 11.3. The molecule has 0 aliphatic rings. The molecule has 0 heteroatoms. The summed E-state index contributed by atoms with van der Waals surface area (Å²) in [6.45, 7) is 9.16. The maximum absolute atomic E-state index is 2.35. The van der Waals surface area contributed by atoms with E-state index in [1.165, 1.54) is 32.1 Å². The van der Waals surface area contributed by atoms with Crippen LogP contribution in [0, 0.1) is 11.8 Å². The second kappa shape index (κ2) is 8.34. The quantitative estimate of drug-likeness (QED) is 0.392. The zero-order valence-corrected chi connectivity index (χ0v) is 9.84. The third kappa shape index (κ3) is 11.7. The van der Waals surface area contributed by atoms with E-state index in [-0.39, 0.29) is 0 Å². The molecule has 0 aliphatic heterocycles. The van der Waals surface area contributed by atoms with Crippen LogP contribution in [0.3, 0.4) is 0 Å². The lowest BCUT2D eigenvalue weighted by molar-refractivity contribution is 0.558. The van der Waals surface area contributed by atoms with Crippen molar-refractivity contribution in [1.82, 2.24) is 0 Å². The van der Waals surface area contributed by atoms with Crippen molar-refractivity contribution >= 4 is 0 Å². The van der Waals surface area contributed by atoms with Crippen molar-refractivity contribution < 1.29 is 0 Å². The smallest absolute Gasteiger partial charge is 0.0348 e. The van der Waals surface area contributed by atoms with Gasteiger partial charge in [-0.05, 0) is 37.5 Å². The van der Waals surface area contributed by atoms with Crippen LogP contribution >= 0.6 is 0 Å². The molecule has 0 unspecified atom stereocenters. The van der Waals surface area contributed by atoms with E-state index in [0.29, 0.717) is 0 Å². The van der Waals surface area contributed by atoms with Crippen LogP contribution in [0.2, 0.25) is 0 Å². The second-order valence-corrected chi connectivity index (χ2v) is 4.77. The van der Waals surface area contributed by atoms with Crippen LogP contribution in [-0.4, -0.2) is 0 Å². The van der Waals surface area contributed by atoms with Gasteiger partial charge in [-0.3, -0.25) is 0 Å². The lowest BCUT2D eigenvalue weighted by Gasteiger charge is -2.01. The molecule has 0 bridgehead atoms. The molecule has 0 aromatic rings. The molecule has 0 nitrogen and oxygen atoms in total. The van der Waals surface area contributed by atoms with Gasteiger partial charge in [0, 0.05) is 0 Å². The molecule has 0 spiro atoms. The topological polar surface area (TPSA) is 0 Å². The number of hydrogen-bond donors (Lipinski definition) is 0. The Kier molecular flexibility index (Phi) is 8.18. The summed E-state index contributed by atoms with van der Waals surface area (Å²) in [7, 11) is 0. The van der Waals surface area contributed by atoms with Gasteiger partial charge >= 0.3 is 0 Å². The SMILES string of the molecule is CC(C)CC/C=C\CCCC(C)C. The third-order valence-corrected chi connectivity index (χ3v) is 2.23. The summed E-state index contributed by atoms with van der Waals surface area (Å²) >= 11 is 0. The third-order valence-electron chi connectivity index (χ3n) is 2.23. The molecule has 78 valence electrons. The maximum atomic E-state index is 2.35. The zero-order valence-electron chi connectivity index (χ0n) is 9.84. The molecule has 0 aromatic heterocycles. The van der Waals surface area contributed by atoms with Crippen molar-refractivity contribution in [1.29, 1.82) is 0 Å². The molecule has 0 aromatic carbocycles. The predicted octanol–water partition coefficient (Wildman–Crippen LogP) is 4.81. The first-order valence-corrected chi connectivity index (χ1v) is 5.78. The molecule has 0 amide bonds. The molecule has 0 radical (unpaired) electrons. The monoisotopic (exact) mass is 182 g/mol. The largest absolute Gasteiger partial charge is 0.0885 e. The Bertz CT molecular complexity index is 120. The van der Waals surface area contributed by atoms with E-state index in [1.54, 1.807) is 0 Å². The van der Waals surface area contributed by atoms with Crippen molar-refractivity contribution in [2.75, 3.05) is 0 Å². The maximum Gasteiger partial charge on any atom is -0.0348 e. The summed E-state index contributed by atoms with van der Waals surface area (Å²) in [5.74, 6) is 1.71. The van der Waals surface area contributed by atoms with Crippen LogP contribution in [0.5, 0.6) is 0 Å². The lowest BCUT2D eigenvalue weighted by atomic mass is 10.1. The summed E-state index contributed by atoms with van der Waals surface area (Å²) in [4.78, 5) is 0. The standard InChI is InChI=1S/C13H26/c1-12(2)10-8-6-5-7-9-11-13(3)4/h5-6,12-13H,7-11H2,1-4H3/b6-5-. The molecule has 0 saturated carbocycles. The van der Waals surface area contributed by atoms with Crippen molar-refractivity contribution in [2.45, 2.75) is 59.8 Å². The Hall–Kier alpha value is -0.260. The number of rotatable bonds is 7. The van der Waals surface area contributed by atoms with E-state index < -0.39 is 0 Å². The lowest BCUT2D eigenvalue weighted by Crippen LogP contribution is -1.85. The molecular formula is C13H26. The van der Waals surface area contributed by atoms with Gasteiger partial charge in [-0.1, -0.05) is 46.3 Å². The molecular weight excluding hydrogens is 156 g/mol. The van der Waals surface area contributed by atoms with E-state index in [1.807, 2.05) is 0 Å². The fourth-order valence-corrected chi connectivity index (χ4v) is 1.31. The average molecular weight is 182 g/mol. The van der Waals surface area contributed by atoms with Gasteiger partial charge in [-0.2, -0.15) is 0 Å². The van der Waals surface area contributed by atoms with Crippen LogP contribution in [0.4, 0.5) is 0 Å². The first-order valence-electron chi connectivity index (χ1n) is 5.78. The van der Waals surface area contributed by atoms with Crippen molar-refractivity contribution in [3.8, 4) is 0 Å². The van der Waals surface area contributed by atoms with Crippen molar-refractivity contribution in [3.05, 3.63) is 12.2 Å². The fourth-order valence-electron chi connectivity index (χ4n) is 1.31. The van der Waals surface area contributed by atoms with Crippen LogP contribution < -0.4 is 0 Å². The Morgan fingerprint density at radius 2 is 1.31 bits per heavy atom. The van der Waals surface area contributed by atoms with Gasteiger partial charge in [-0.15, -0.1) is 0 Å². The van der Waals surface area contributed by atoms with E-state index >= 15 is 0 Å². The highest BCUT2D eigenvalue weighted by Gasteiger charge is 1.92. The van der Waals surface area contributed by atoms with Gasteiger partial charge in [0.2, 0.25) is 0 Å². The molecule has 0 rings (SSSR count). The van der Waals surface area contributed by atoms with Gasteiger partial charge < -0.3 is 0 Å². The van der Waals surface area contributed by atoms with E-state index in [9.17, 15) is 0 Å². The Morgan fingerprint density at radius 1 is 0.769 bits per heavy atom. The van der Waals surface area contributed by atoms with Gasteiger partial charge in [0.15, 0.2) is 0 Å². The Labute approximate surface area is 84.4 Å². The Morgan fingerprint density at radius 3 is 1.85 bits per heavy atom. The van der Waals surface area contributed by atoms with E-state index in [4.69, 9.17) is 0 Å². The minimum Gasteiger partial charge on any atom is -0.0885 e. The van der Waals surface area contributed by atoms with Gasteiger partial charge in [-0.25, -0.2) is 0 Å². The number of allylic oxidation sites excluding steroid dienone is 2. The molecule has 13 heavy (non-hydrogen) atoms. The number of hydrogen-bond acceptors (Lipinski definition) is 0. The highest BCUT2D eigenvalue weighted by atomic mass is 14.0. The first kappa shape index (κ1) is 12.7. The normalized spacial score (nSPS) is 12.2. The van der Waals surface area contributed by atoms with Gasteiger partial charge in [0.05, 0.1) is 0 Å². The average Bonchev–Trinajstić information content (AvgIpc) is 2.01.